The number of amides is 1. The van der Waals surface area contributed by atoms with Crippen molar-refractivity contribution in [1.29, 1.82) is 0 Å². The molecule has 1 amide bonds. The lowest BCUT2D eigenvalue weighted by Gasteiger charge is -2.30. The van der Waals surface area contributed by atoms with Crippen LogP contribution in [-0.2, 0) is 0 Å². The molecular formula is C18H16ClF2NO. The SMILES string of the molecule is CC(c1ccc(Cl)cc1)N(C(=O)c1c(F)cccc1F)C1CC1. The number of carbonyl (C=O) groups is 1. The largest absolute Gasteiger partial charge is 0.329 e. The number of benzene rings is 2. The van der Waals surface area contributed by atoms with E-state index < -0.39 is 23.1 Å². The molecule has 23 heavy (non-hydrogen) atoms. The Bertz CT molecular complexity index is 708. The highest BCUT2D eigenvalue weighted by Gasteiger charge is 2.38. The van der Waals surface area contributed by atoms with E-state index in [1.165, 1.54) is 6.07 Å². The standard InChI is InChI=1S/C18H16ClF2NO/c1-11(12-5-7-13(19)8-6-12)22(14-9-10-14)18(23)17-15(20)3-2-4-16(17)21/h2-8,11,14H,9-10H2,1H3. The van der Waals surface area contributed by atoms with Crippen molar-refractivity contribution in [3.05, 3.63) is 70.2 Å². The molecule has 0 heterocycles. The van der Waals surface area contributed by atoms with Gasteiger partial charge in [-0.05, 0) is 49.6 Å². The van der Waals surface area contributed by atoms with Crippen LogP contribution >= 0.6 is 11.6 Å². The molecule has 0 N–H and O–H groups in total. The second-order valence-electron chi connectivity index (χ2n) is 5.77. The summed E-state index contributed by atoms with van der Waals surface area (Å²) in [5.74, 6) is -2.27. The van der Waals surface area contributed by atoms with Gasteiger partial charge in [0.1, 0.15) is 17.2 Å². The lowest BCUT2D eigenvalue weighted by atomic mass is 10.0. The molecule has 0 saturated heterocycles. The molecule has 1 aliphatic carbocycles. The van der Waals surface area contributed by atoms with E-state index in [2.05, 4.69) is 0 Å². The van der Waals surface area contributed by atoms with E-state index >= 15 is 0 Å². The molecular weight excluding hydrogens is 320 g/mol. The van der Waals surface area contributed by atoms with Crippen LogP contribution in [0.15, 0.2) is 42.5 Å². The fourth-order valence-electron chi connectivity index (χ4n) is 2.74. The second-order valence-corrected chi connectivity index (χ2v) is 6.20. The monoisotopic (exact) mass is 335 g/mol. The molecule has 5 heteroatoms. The van der Waals surface area contributed by atoms with Crippen LogP contribution in [0.5, 0.6) is 0 Å². The van der Waals surface area contributed by atoms with Crippen molar-refractivity contribution < 1.29 is 13.6 Å². The summed E-state index contributed by atoms with van der Waals surface area (Å²) in [5.41, 5.74) is 0.395. The van der Waals surface area contributed by atoms with Crippen LogP contribution in [0.3, 0.4) is 0 Å². The topological polar surface area (TPSA) is 20.3 Å². The van der Waals surface area contributed by atoms with Crippen molar-refractivity contribution >= 4 is 17.5 Å². The third-order valence-corrected chi connectivity index (χ3v) is 4.37. The molecule has 1 fully saturated rings. The van der Waals surface area contributed by atoms with Crippen molar-refractivity contribution in [2.24, 2.45) is 0 Å². The number of hydrogen-bond donors (Lipinski definition) is 0. The Kier molecular flexibility index (Phi) is 4.35. The van der Waals surface area contributed by atoms with E-state index in [0.29, 0.717) is 5.02 Å². The van der Waals surface area contributed by atoms with E-state index in [4.69, 9.17) is 11.6 Å². The minimum absolute atomic E-state index is 0.0205. The van der Waals surface area contributed by atoms with Crippen LogP contribution in [-0.4, -0.2) is 16.8 Å². The minimum atomic E-state index is -0.830. The number of rotatable bonds is 4. The van der Waals surface area contributed by atoms with Gasteiger partial charge >= 0.3 is 0 Å². The average molecular weight is 336 g/mol. The maximum atomic E-state index is 14.0. The van der Waals surface area contributed by atoms with Crippen LogP contribution in [0.2, 0.25) is 5.02 Å². The normalized spacial score (nSPS) is 15.3. The van der Waals surface area contributed by atoms with E-state index in [-0.39, 0.29) is 12.1 Å². The van der Waals surface area contributed by atoms with Gasteiger partial charge in [0.15, 0.2) is 0 Å². The molecule has 2 aromatic rings. The number of carbonyl (C=O) groups excluding carboxylic acids is 1. The van der Waals surface area contributed by atoms with Crippen molar-refractivity contribution in [1.82, 2.24) is 4.90 Å². The summed E-state index contributed by atoms with van der Waals surface area (Å²) in [4.78, 5) is 14.3. The number of halogens is 3. The van der Waals surface area contributed by atoms with Crippen molar-refractivity contribution in [3.8, 4) is 0 Å². The average Bonchev–Trinajstić information content (AvgIpc) is 3.32. The van der Waals surface area contributed by atoms with Gasteiger partial charge < -0.3 is 4.90 Å². The number of nitrogens with zero attached hydrogens (tertiary/aromatic N) is 1. The maximum Gasteiger partial charge on any atom is 0.260 e. The smallest absolute Gasteiger partial charge is 0.260 e. The number of hydrogen-bond acceptors (Lipinski definition) is 1. The fourth-order valence-corrected chi connectivity index (χ4v) is 2.87. The highest BCUT2D eigenvalue weighted by Crippen LogP contribution is 2.36. The zero-order valence-electron chi connectivity index (χ0n) is 12.6. The van der Waals surface area contributed by atoms with E-state index in [1.54, 1.807) is 17.0 Å². The molecule has 2 nitrogen and oxygen atoms in total. The minimum Gasteiger partial charge on any atom is -0.329 e. The van der Waals surface area contributed by atoms with Gasteiger partial charge in [0.2, 0.25) is 0 Å². The predicted molar refractivity (Wildman–Crippen MR) is 85.4 cm³/mol. The van der Waals surface area contributed by atoms with Crippen LogP contribution in [0.25, 0.3) is 0 Å². The van der Waals surface area contributed by atoms with Crippen molar-refractivity contribution in [3.63, 3.8) is 0 Å². The Morgan fingerprint density at radius 1 is 1.13 bits per heavy atom. The van der Waals surface area contributed by atoms with E-state index in [0.717, 1.165) is 30.5 Å². The van der Waals surface area contributed by atoms with Crippen LogP contribution in [0.1, 0.15) is 41.7 Å². The molecule has 3 rings (SSSR count). The van der Waals surface area contributed by atoms with Gasteiger partial charge in [-0.1, -0.05) is 29.8 Å². The first-order chi connectivity index (χ1) is 11.0. The predicted octanol–water partition coefficient (Wildman–Crippen LogP) is 4.98. The second kappa shape index (κ2) is 6.28. The summed E-state index contributed by atoms with van der Waals surface area (Å²) >= 11 is 5.89. The van der Waals surface area contributed by atoms with Gasteiger partial charge in [-0.2, -0.15) is 0 Å². The van der Waals surface area contributed by atoms with E-state index in [1.807, 2.05) is 19.1 Å². The van der Waals surface area contributed by atoms with Gasteiger partial charge in [-0.3, -0.25) is 4.79 Å². The molecule has 0 aromatic heterocycles. The molecule has 0 aliphatic heterocycles. The lowest BCUT2D eigenvalue weighted by Crippen LogP contribution is -2.36. The molecule has 0 spiro atoms. The quantitative estimate of drug-likeness (QED) is 0.771. The summed E-state index contributed by atoms with van der Waals surface area (Å²) in [7, 11) is 0. The lowest BCUT2D eigenvalue weighted by molar-refractivity contribution is 0.0664. The summed E-state index contributed by atoms with van der Waals surface area (Å²) in [6, 6.07) is 10.3. The van der Waals surface area contributed by atoms with Crippen LogP contribution in [0, 0.1) is 11.6 Å². The first-order valence-electron chi connectivity index (χ1n) is 7.51. The first-order valence-corrected chi connectivity index (χ1v) is 7.89. The molecule has 0 radical (unpaired) electrons. The van der Waals surface area contributed by atoms with Gasteiger partial charge in [0, 0.05) is 11.1 Å². The highest BCUT2D eigenvalue weighted by atomic mass is 35.5. The molecule has 120 valence electrons. The Balaban J connectivity index is 1.95. The zero-order chi connectivity index (χ0) is 16.6. The maximum absolute atomic E-state index is 14.0. The summed E-state index contributed by atoms with van der Waals surface area (Å²) in [6.45, 7) is 1.86. The first kappa shape index (κ1) is 15.9. The van der Waals surface area contributed by atoms with Gasteiger partial charge in [0.25, 0.3) is 5.91 Å². The molecule has 1 unspecified atom stereocenters. The Hall–Kier alpha value is -1.94. The van der Waals surface area contributed by atoms with Gasteiger partial charge in [-0.15, -0.1) is 0 Å². The van der Waals surface area contributed by atoms with Crippen LogP contribution < -0.4 is 0 Å². The third-order valence-electron chi connectivity index (χ3n) is 4.12. The Labute approximate surface area is 138 Å². The zero-order valence-corrected chi connectivity index (χ0v) is 13.4. The Morgan fingerprint density at radius 3 is 2.22 bits per heavy atom. The summed E-state index contributed by atoms with van der Waals surface area (Å²) < 4.78 is 27.9. The summed E-state index contributed by atoms with van der Waals surface area (Å²) in [6.07, 6.45) is 1.69. The fraction of sp³-hybridized carbons (Fsp3) is 0.278. The molecule has 2 aromatic carbocycles. The van der Waals surface area contributed by atoms with Gasteiger partial charge in [0.05, 0.1) is 6.04 Å². The van der Waals surface area contributed by atoms with E-state index in [9.17, 15) is 13.6 Å². The van der Waals surface area contributed by atoms with Crippen LogP contribution in [0.4, 0.5) is 8.78 Å². The molecule has 1 atom stereocenters. The van der Waals surface area contributed by atoms with Crippen molar-refractivity contribution in [2.75, 3.05) is 0 Å². The molecule has 0 bridgehead atoms. The summed E-state index contributed by atoms with van der Waals surface area (Å²) in [5, 5.41) is 0.602. The Morgan fingerprint density at radius 2 is 1.70 bits per heavy atom. The molecule has 1 saturated carbocycles. The third kappa shape index (κ3) is 3.22. The van der Waals surface area contributed by atoms with Crippen molar-refractivity contribution in [2.45, 2.75) is 31.8 Å². The van der Waals surface area contributed by atoms with Gasteiger partial charge in [-0.25, -0.2) is 8.78 Å². The highest BCUT2D eigenvalue weighted by molar-refractivity contribution is 6.30. The molecule has 1 aliphatic rings.